The zero-order valence-electron chi connectivity index (χ0n) is 25.5. The molecule has 1 aromatic heterocycles. The minimum Gasteiger partial charge on any atom is -0.481 e. The average Bonchev–Trinajstić information content (AvgIpc) is 3.36. The van der Waals surface area contributed by atoms with E-state index in [0.717, 1.165) is 23.4 Å². The fourth-order valence-corrected chi connectivity index (χ4v) is 5.89. The van der Waals surface area contributed by atoms with Crippen LogP contribution >= 0.6 is 11.8 Å². The van der Waals surface area contributed by atoms with E-state index in [0.29, 0.717) is 37.4 Å². The normalized spacial score (nSPS) is 12.1. The molecule has 1 atom stereocenters. The SMILES string of the molecule is CC(C)(C)[C@H](c1cc(-c2cc(F)ccc2F)cn1Cc1ccccc1)N(CCCN)C(=O)CSCCC(=O)NCCC(=O)O. The van der Waals surface area contributed by atoms with Gasteiger partial charge in [0.2, 0.25) is 11.8 Å². The van der Waals surface area contributed by atoms with Gasteiger partial charge in [-0.25, -0.2) is 8.78 Å². The molecule has 238 valence electrons. The molecule has 0 fully saturated rings. The summed E-state index contributed by atoms with van der Waals surface area (Å²) in [5, 5.41) is 11.3. The van der Waals surface area contributed by atoms with Gasteiger partial charge in [0.1, 0.15) is 11.6 Å². The number of nitrogens with one attached hydrogen (secondary N) is 1. The van der Waals surface area contributed by atoms with Crippen molar-refractivity contribution in [2.45, 2.75) is 52.6 Å². The Morgan fingerprint density at radius 2 is 1.80 bits per heavy atom. The number of carboxylic acid groups (broad SMARTS) is 1. The summed E-state index contributed by atoms with van der Waals surface area (Å²) in [5.41, 5.74) is 7.87. The number of hydrogen-bond acceptors (Lipinski definition) is 5. The number of aromatic nitrogens is 1. The second kappa shape index (κ2) is 16.4. The zero-order valence-corrected chi connectivity index (χ0v) is 26.3. The van der Waals surface area contributed by atoms with E-state index in [2.05, 4.69) is 5.32 Å². The number of amides is 2. The first-order chi connectivity index (χ1) is 20.9. The van der Waals surface area contributed by atoms with Crippen molar-refractivity contribution in [2.75, 3.05) is 31.1 Å². The number of carboxylic acids is 1. The molecule has 2 aromatic carbocycles. The number of carbonyl (C=O) groups excluding carboxylic acids is 2. The third-order valence-corrected chi connectivity index (χ3v) is 8.00. The lowest BCUT2D eigenvalue weighted by Gasteiger charge is -2.41. The molecule has 0 spiro atoms. The largest absolute Gasteiger partial charge is 0.481 e. The Hall–Kier alpha value is -3.70. The number of aliphatic carboxylic acids is 1. The highest BCUT2D eigenvalue weighted by Crippen LogP contribution is 2.41. The van der Waals surface area contributed by atoms with E-state index in [1.807, 2.05) is 72.8 Å². The number of nitrogens with zero attached hydrogens (tertiary/aromatic N) is 2. The monoisotopic (exact) mass is 628 g/mol. The van der Waals surface area contributed by atoms with Crippen molar-refractivity contribution in [3.05, 3.63) is 83.7 Å². The van der Waals surface area contributed by atoms with Crippen LogP contribution in [0.3, 0.4) is 0 Å². The van der Waals surface area contributed by atoms with Gasteiger partial charge in [-0.05, 0) is 48.2 Å². The van der Waals surface area contributed by atoms with Gasteiger partial charge < -0.3 is 25.6 Å². The Balaban J connectivity index is 1.93. The average molecular weight is 629 g/mol. The summed E-state index contributed by atoms with van der Waals surface area (Å²) in [7, 11) is 0. The van der Waals surface area contributed by atoms with Crippen LogP contribution in [0.25, 0.3) is 11.1 Å². The van der Waals surface area contributed by atoms with Gasteiger partial charge in [-0.2, -0.15) is 11.8 Å². The van der Waals surface area contributed by atoms with Crippen molar-refractivity contribution in [2.24, 2.45) is 11.1 Å². The summed E-state index contributed by atoms with van der Waals surface area (Å²) >= 11 is 1.33. The van der Waals surface area contributed by atoms with Crippen LogP contribution in [0.1, 0.15) is 57.3 Å². The topological polar surface area (TPSA) is 118 Å². The first-order valence-corrected chi connectivity index (χ1v) is 15.8. The number of thioether (sulfide) groups is 1. The number of benzene rings is 2. The Morgan fingerprint density at radius 1 is 1.07 bits per heavy atom. The van der Waals surface area contributed by atoms with E-state index in [-0.39, 0.29) is 42.5 Å². The Morgan fingerprint density at radius 3 is 2.45 bits per heavy atom. The van der Waals surface area contributed by atoms with Gasteiger partial charge >= 0.3 is 5.97 Å². The highest BCUT2D eigenvalue weighted by Gasteiger charge is 2.37. The summed E-state index contributed by atoms with van der Waals surface area (Å²) in [4.78, 5) is 38.3. The molecular weight excluding hydrogens is 586 g/mol. The minimum absolute atomic E-state index is 0.0576. The van der Waals surface area contributed by atoms with Gasteiger partial charge in [-0.15, -0.1) is 0 Å². The van der Waals surface area contributed by atoms with Crippen LogP contribution in [0.2, 0.25) is 0 Å². The molecule has 0 saturated carbocycles. The summed E-state index contributed by atoms with van der Waals surface area (Å²) in [6.45, 7) is 7.42. The van der Waals surface area contributed by atoms with Crippen LogP contribution in [0.15, 0.2) is 60.8 Å². The lowest BCUT2D eigenvalue weighted by Crippen LogP contribution is -2.44. The molecule has 8 nitrogen and oxygen atoms in total. The maximum atomic E-state index is 14.9. The van der Waals surface area contributed by atoms with Crippen molar-refractivity contribution < 1.29 is 28.3 Å². The molecule has 0 unspecified atom stereocenters. The van der Waals surface area contributed by atoms with E-state index in [1.165, 1.54) is 17.8 Å². The van der Waals surface area contributed by atoms with E-state index in [4.69, 9.17) is 10.8 Å². The molecule has 0 aliphatic carbocycles. The van der Waals surface area contributed by atoms with Crippen molar-refractivity contribution in [3.8, 4) is 11.1 Å². The van der Waals surface area contributed by atoms with Gasteiger partial charge in [0.25, 0.3) is 0 Å². The first-order valence-electron chi connectivity index (χ1n) is 14.7. The predicted octanol–water partition coefficient (Wildman–Crippen LogP) is 5.46. The summed E-state index contributed by atoms with van der Waals surface area (Å²) in [6, 6.07) is 14.6. The van der Waals surface area contributed by atoms with Crippen LogP contribution in [-0.4, -0.2) is 63.5 Å². The minimum atomic E-state index is -0.987. The maximum absolute atomic E-state index is 14.9. The molecule has 0 aliphatic rings. The fourth-order valence-electron chi connectivity index (χ4n) is 5.08. The molecular formula is C33H42F2N4O4S. The highest BCUT2D eigenvalue weighted by molar-refractivity contribution is 7.99. The third-order valence-electron chi connectivity index (χ3n) is 7.06. The lowest BCUT2D eigenvalue weighted by molar-refractivity contribution is -0.137. The van der Waals surface area contributed by atoms with Crippen LogP contribution in [0.4, 0.5) is 8.78 Å². The van der Waals surface area contributed by atoms with E-state index in [9.17, 15) is 23.2 Å². The summed E-state index contributed by atoms with van der Waals surface area (Å²) < 4.78 is 31.1. The van der Waals surface area contributed by atoms with Gasteiger partial charge in [0.05, 0.1) is 18.2 Å². The first kappa shape index (κ1) is 34.8. The van der Waals surface area contributed by atoms with Gasteiger partial charge in [-0.3, -0.25) is 14.4 Å². The fraction of sp³-hybridized carbons (Fsp3) is 0.424. The number of carbonyl (C=O) groups is 3. The molecule has 1 heterocycles. The molecule has 44 heavy (non-hydrogen) atoms. The van der Waals surface area contributed by atoms with E-state index >= 15 is 0 Å². The van der Waals surface area contributed by atoms with Crippen LogP contribution in [-0.2, 0) is 20.9 Å². The summed E-state index contributed by atoms with van der Waals surface area (Å²) in [5.74, 6) is -1.94. The zero-order chi connectivity index (χ0) is 32.3. The summed E-state index contributed by atoms with van der Waals surface area (Å²) in [6.07, 6.45) is 2.38. The number of rotatable bonds is 16. The van der Waals surface area contributed by atoms with Gasteiger partial charge in [-0.1, -0.05) is 51.1 Å². The molecule has 4 N–H and O–H groups in total. The number of halogens is 2. The molecule has 0 radical (unpaired) electrons. The molecule has 2 amide bonds. The number of hydrogen-bond donors (Lipinski definition) is 3. The Labute approximate surface area is 262 Å². The molecule has 0 saturated heterocycles. The number of nitrogens with two attached hydrogens (primary N) is 1. The standard InChI is InChI=1S/C33H42F2N4O4S/c1-33(2,3)32(39(16-7-14-36)30(41)22-44-17-13-29(40)37-15-12-31(42)43)28-18-24(26-19-25(34)10-11-27(26)35)21-38(28)20-23-8-5-4-6-9-23/h4-6,8-11,18-19,21,32H,7,12-17,20,22,36H2,1-3H3,(H,37,40)(H,42,43)/t32-/m0/s1. The van der Waals surface area contributed by atoms with E-state index < -0.39 is 29.1 Å². The Kier molecular flexibility index (Phi) is 13.0. The molecule has 0 bridgehead atoms. The van der Waals surface area contributed by atoms with Crippen molar-refractivity contribution in [1.29, 1.82) is 0 Å². The molecule has 0 aliphatic heterocycles. The molecule has 11 heteroatoms. The quantitative estimate of drug-likeness (QED) is 0.181. The second-order valence-corrected chi connectivity index (χ2v) is 12.8. The smallest absolute Gasteiger partial charge is 0.305 e. The van der Waals surface area contributed by atoms with Crippen molar-refractivity contribution in [3.63, 3.8) is 0 Å². The van der Waals surface area contributed by atoms with Crippen LogP contribution in [0.5, 0.6) is 0 Å². The van der Waals surface area contributed by atoms with Crippen LogP contribution in [0, 0.1) is 17.0 Å². The van der Waals surface area contributed by atoms with Crippen molar-refractivity contribution in [1.82, 2.24) is 14.8 Å². The maximum Gasteiger partial charge on any atom is 0.305 e. The van der Waals surface area contributed by atoms with Crippen LogP contribution < -0.4 is 11.1 Å². The Bertz CT molecular complexity index is 1410. The highest BCUT2D eigenvalue weighted by atomic mass is 32.2. The van der Waals surface area contributed by atoms with E-state index in [1.54, 1.807) is 0 Å². The molecule has 3 rings (SSSR count). The predicted molar refractivity (Wildman–Crippen MR) is 170 cm³/mol. The van der Waals surface area contributed by atoms with Crippen molar-refractivity contribution >= 4 is 29.5 Å². The van der Waals surface area contributed by atoms with Gasteiger partial charge in [0.15, 0.2) is 0 Å². The van der Waals surface area contributed by atoms with Gasteiger partial charge in [0, 0.05) is 54.8 Å². The third kappa shape index (κ3) is 10.2. The second-order valence-electron chi connectivity index (χ2n) is 11.7. The lowest BCUT2D eigenvalue weighted by atomic mass is 9.83. The molecule has 3 aromatic rings.